The van der Waals surface area contributed by atoms with Crippen molar-refractivity contribution in [3.63, 3.8) is 0 Å². The third-order valence-electron chi connectivity index (χ3n) is 2.34. The van der Waals surface area contributed by atoms with Crippen LogP contribution in [0, 0.1) is 0 Å². The number of benzene rings is 1. The topological polar surface area (TPSA) is 58.6 Å². The number of ether oxygens (including phenoxy) is 1. The number of carbonyl (C=O) groups is 1. The first-order chi connectivity index (χ1) is 8.08. The molecule has 0 saturated carbocycles. The average molecular weight is 235 g/mol. The van der Waals surface area contributed by atoms with Crippen LogP contribution in [0.5, 0.6) is 11.5 Å². The van der Waals surface area contributed by atoms with Crippen molar-refractivity contribution in [2.75, 3.05) is 7.11 Å². The fourth-order valence-corrected chi connectivity index (χ4v) is 1.45. The van der Waals surface area contributed by atoms with E-state index in [2.05, 4.69) is 11.9 Å². The first kappa shape index (κ1) is 13.1. The molecule has 1 rings (SSSR count). The molecule has 0 aliphatic heterocycles. The number of aromatic hydroxyl groups is 1. The van der Waals surface area contributed by atoms with Crippen LogP contribution in [0.1, 0.15) is 23.7 Å². The molecule has 17 heavy (non-hydrogen) atoms. The molecule has 1 atom stereocenters. The molecule has 0 bridgehead atoms. The predicted molar refractivity (Wildman–Crippen MR) is 66.4 cm³/mol. The van der Waals surface area contributed by atoms with Crippen LogP contribution in [0.3, 0.4) is 0 Å². The van der Waals surface area contributed by atoms with Crippen molar-refractivity contribution in [3.8, 4) is 11.5 Å². The number of phenols is 1. The van der Waals surface area contributed by atoms with Gasteiger partial charge in [0.1, 0.15) is 0 Å². The van der Waals surface area contributed by atoms with Crippen LogP contribution in [0.4, 0.5) is 0 Å². The summed E-state index contributed by atoms with van der Waals surface area (Å²) in [6.07, 6.45) is 2.45. The highest BCUT2D eigenvalue weighted by Crippen LogP contribution is 2.26. The number of nitrogens with one attached hydrogen (secondary N) is 1. The fraction of sp³-hybridized carbons (Fsp3) is 0.308. The Kier molecular flexibility index (Phi) is 4.57. The maximum atomic E-state index is 11.8. The molecule has 0 aliphatic rings. The van der Waals surface area contributed by atoms with E-state index in [1.807, 2.05) is 6.92 Å². The lowest BCUT2D eigenvalue weighted by Gasteiger charge is -2.12. The lowest BCUT2D eigenvalue weighted by atomic mass is 10.1. The van der Waals surface area contributed by atoms with Gasteiger partial charge in [0.15, 0.2) is 11.5 Å². The molecule has 1 aromatic carbocycles. The lowest BCUT2D eigenvalue weighted by Crippen LogP contribution is -2.32. The highest BCUT2D eigenvalue weighted by atomic mass is 16.5. The Morgan fingerprint density at radius 3 is 2.88 bits per heavy atom. The second-order valence-corrected chi connectivity index (χ2v) is 3.79. The van der Waals surface area contributed by atoms with Gasteiger partial charge in [-0.1, -0.05) is 6.08 Å². The summed E-state index contributed by atoms with van der Waals surface area (Å²) in [6, 6.07) is 4.57. The highest BCUT2D eigenvalue weighted by molar-refractivity contribution is 5.95. The van der Waals surface area contributed by atoms with Crippen LogP contribution >= 0.6 is 0 Å². The van der Waals surface area contributed by atoms with Gasteiger partial charge in [-0.15, -0.1) is 6.58 Å². The first-order valence-electron chi connectivity index (χ1n) is 5.37. The van der Waals surface area contributed by atoms with E-state index < -0.39 is 0 Å². The zero-order chi connectivity index (χ0) is 12.8. The summed E-state index contributed by atoms with van der Waals surface area (Å²) in [5.41, 5.74) is 0.402. The summed E-state index contributed by atoms with van der Waals surface area (Å²) in [7, 11) is 1.46. The molecule has 0 aliphatic carbocycles. The van der Waals surface area contributed by atoms with Gasteiger partial charge >= 0.3 is 0 Å². The molecular formula is C13H17NO3. The number of carbonyl (C=O) groups excluding carboxylic acids is 1. The second-order valence-electron chi connectivity index (χ2n) is 3.79. The van der Waals surface area contributed by atoms with Gasteiger partial charge in [-0.3, -0.25) is 4.79 Å². The molecule has 1 unspecified atom stereocenters. The fourth-order valence-electron chi connectivity index (χ4n) is 1.45. The van der Waals surface area contributed by atoms with E-state index in [-0.39, 0.29) is 17.7 Å². The Balaban J connectivity index is 2.76. The van der Waals surface area contributed by atoms with Gasteiger partial charge in [0.25, 0.3) is 5.91 Å². The van der Waals surface area contributed by atoms with Crippen molar-refractivity contribution in [1.82, 2.24) is 5.32 Å². The number of hydrogen-bond donors (Lipinski definition) is 2. The molecule has 2 N–H and O–H groups in total. The Hall–Kier alpha value is -1.97. The van der Waals surface area contributed by atoms with Crippen LogP contribution in [-0.4, -0.2) is 24.2 Å². The van der Waals surface area contributed by atoms with Gasteiger partial charge in [0.05, 0.1) is 7.11 Å². The second kappa shape index (κ2) is 5.94. The molecule has 0 radical (unpaired) electrons. The minimum absolute atomic E-state index is 0.0178. The average Bonchev–Trinajstić information content (AvgIpc) is 2.29. The number of amides is 1. The number of phenolic OH excluding ortho intramolecular Hbond substituents is 1. The van der Waals surface area contributed by atoms with Crippen molar-refractivity contribution in [1.29, 1.82) is 0 Å². The Morgan fingerprint density at radius 1 is 1.65 bits per heavy atom. The minimum Gasteiger partial charge on any atom is -0.504 e. The quantitative estimate of drug-likeness (QED) is 0.768. The SMILES string of the molecule is C=CCC(C)NC(=O)c1ccc(OC)c(O)c1. The smallest absolute Gasteiger partial charge is 0.251 e. The van der Waals surface area contributed by atoms with E-state index in [1.165, 1.54) is 13.2 Å². The maximum Gasteiger partial charge on any atom is 0.251 e. The standard InChI is InChI=1S/C13H17NO3/c1-4-5-9(2)14-13(16)10-6-7-12(17-3)11(15)8-10/h4,6-9,15H,1,5H2,2-3H3,(H,14,16). The number of rotatable bonds is 5. The summed E-state index contributed by atoms with van der Waals surface area (Å²) >= 11 is 0. The molecular weight excluding hydrogens is 218 g/mol. The van der Waals surface area contributed by atoms with Crippen molar-refractivity contribution in [2.45, 2.75) is 19.4 Å². The van der Waals surface area contributed by atoms with Gasteiger partial charge in [0.2, 0.25) is 0 Å². The largest absolute Gasteiger partial charge is 0.504 e. The van der Waals surface area contributed by atoms with Gasteiger partial charge in [-0.25, -0.2) is 0 Å². The van der Waals surface area contributed by atoms with Gasteiger partial charge in [0, 0.05) is 11.6 Å². The van der Waals surface area contributed by atoms with E-state index in [9.17, 15) is 9.90 Å². The van der Waals surface area contributed by atoms with E-state index in [4.69, 9.17) is 4.74 Å². The predicted octanol–water partition coefficient (Wildman–Crippen LogP) is 2.10. The van der Waals surface area contributed by atoms with E-state index >= 15 is 0 Å². The molecule has 0 heterocycles. The van der Waals surface area contributed by atoms with Crippen LogP contribution in [-0.2, 0) is 0 Å². The van der Waals surface area contributed by atoms with Crippen LogP contribution in [0.15, 0.2) is 30.9 Å². The van der Waals surface area contributed by atoms with Crippen molar-refractivity contribution < 1.29 is 14.6 Å². The molecule has 4 heteroatoms. The first-order valence-corrected chi connectivity index (χ1v) is 5.37. The monoisotopic (exact) mass is 235 g/mol. The Labute approximate surface area is 101 Å². The highest BCUT2D eigenvalue weighted by Gasteiger charge is 2.11. The van der Waals surface area contributed by atoms with Gasteiger partial charge in [-0.2, -0.15) is 0 Å². The molecule has 1 amide bonds. The summed E-state index contributed by atoms with van der Waals surface area (Å²) < 4.78 is 4.90. The minimum atomic E-state index is -0.225. The summed E-state index contributed by atoms with van der Waals surface area (Å²) in [6.45, 7) is 5.50. The zero-order valence-electron chi connectivity index (χ0n) is 10.1. The van der Waals surface area contributed by atoms with Crippen LogP contribution in [0.25, 0.3) is 0 Å². The molecule has 1 aromatic rings. The maximum absolute atomic E-state index is 11.8. The van der Waals surface area contributed by atoms with Crippen molar-refractivity contribution >= 4 is 5.91 Å². The van der Waals surface area contributed by atoms with Crippen molar-refractivity contribution in [2.24, 2.45) is 0 Å². The molecule has 92 valence electrons. The normalized spacial score (nSPS) is 11.6. The zero-order valence-corrected chi connectivity index (χ0v) is 10.1. The summed E-state index contributed by atoms with van der Waals surface area (Å²) in [5.74, 6) is 0.0783. The third-order valence-corrected chi connectivity index (χ3v) is 2.34. The Bertz CT molecular complexity index is 415. The molecule has 0 spiro atoms. The van der Waals surface area contributed by atoms with Gasteiger partial charge < -0.3 is 15.2 Å². The van der Waals surface area contributed by atoms with Gasteiger partial charge in [-0.05, 0) is 31.5 Å². The number of hydrogen-bond acceptors (Lipinski definition) is 3. The molecule has 0 saturated heterocycles. The Morgan fingerprint density at radius 2 is 2.35 bits per heavy atom. The summed E-state index contributed by atoms with van der Waals surface area (Å²) in [4.78, 5) is 11.8. The van der Waals surface area contributed by atoms with Crippen molar-refractivity contribution in [3.05, 3.63) is 36.4 Å². The molecule has 0 aromatic heterocycles. The van der Waals surface area contributed by atoms with E-state index in [0.29, 0.717) is 17.7 Å². The third kappa shape index (κ3) is 3.52. The van der Waals surface area contributed by atoms with Crippen LogP contribution in [0.2, 0.25) is 0 Å². The van der Waals surface area contributed by atoms with Crippen LogP contribution < -0.4 is 10.1 Å². The molecule has 0 fully saturated rings. The molecule has 4 nitrogen and oxygen atoms in total. The summed E-state index contributed by atoms with van der Waals surface area (Å²) in [5, 5.41) is 12.4. The van der Waals surface area contributed by atoms with E-state index in [0.717, 1.165) is 0 Å². The van der Waals surface area contributed by atoms with E-state index in [1.54, 1.807) is 18.2 Å². The lowest BCUT2D eigenvalue weighted by molar-refractivity contribution is 0.0940. The number of methoxy groups -OCH3 is 1.